The van der Waals surface area contributed by atoms with Crippen LogP contribution in [-0.2, 0) is 0 Å². The Balaban J connectivity index is 1.34. The van der Waals surface area contributed by atoms with Crippen LogP contribution < -0.4 is 14.9 Å². The number of nitrogens with one attached hydrogen (secondary N) is 2. The minimum atomic E-state index is -0.566. The molecule has 0 radical (unpaired) electrons. The summed E-state index contributed by atoms with van der Waals surface area (Å²) in [7, 11) is 1.55. The number of halogens is 3. The molecule has 1 aromatic heterocycles. The van der Waals surface area contributed by atoms with E-state index in [-0.39, 0.29) is 5.75 Å². The average molecular weight is 732 g/mol. The molecule has 0 aliphatic heterocycles. The van der Waals surface area contributed by atoms with E-state index in [2.05, 4.69) is 47.4 Å². The van der Waals surface area contributed by atoms with Gasteiger partial charge in [0.15, 0.2) is 5.75 Å². The number of carbonyl (C=O) groups excluding carboxylic acids is 2. The average Bonchev–Trinajstić information content (AvgIpc) is 3.43. The SMILES string of the molecule is COc1ccc(C(=O)Oc2c(Br)cc(Br)cc2C=NNC(=O)c2[nH]c3c(ccc4ccccc43)c2-c2ccccc2Cl)cc1. The molecular weight excluding hydrogens is 710 g/mol. The van der Waals surface area contributed by atoms with E-state index in [1.54, 1.807) is 49.6 Å². The van der Waals surface area contributed by atoms with Crippen LogP contribution in [0.15, 0.2) is 111 Å². The van der Waals surface area contributed by atoms with Gasteiger partial charge in [-0.2, -0.15) is 5.10 Å². The molecular formula is C34H22Br2ClN3O4. The second-order valence-electron chi connectivity index (χ2n) is 9.69. The van der Waals surface area contributed by atoms with Gasteiger partial charge in [-0.05, 0) is 63.8 Å². The number of aromatic amines is 1. The molecule has 10 heteroatoms. The van der Waals surface area contributed by atoms with Gasteiger partial charge in [-0.3, -0.25) is 4.79 Å². The Morgan fingerprint density at radius 3 is 2.43 bits per heavy atom. The molecule has 1 amide bonds. The fourth-order valence-electron chi connectivity index (χ4n) is 4.93. The van der Waals surface area contributed by atoms with Crippen LogP contribution in [0.3, 0.4) is 0 Å². The van der Waals surface area contributed by atoms with E-state index < -0.39 is 11.9 Å². The Bertz CT molecular complexity index is 2090. The van der Waals surface area contributed by atoms with E-state index >= 15 is 0 Å². The van der Waals surface area contributed by atoms with Crippen molar-refractivity contribution in [2.24, 2.45) is 5.10 Å². The molecule has 44 heavy (non-hydrogen) atoms. The Kier molecular flexibility index (Phi) is 8.52. The Labute approximate surface area is 274 Å². The third kappa shape index (κ3) is 5.86. The van der Waals surface area contributed by atoms with Crippen LogP contribution in [0.4, 0.5) is 0 Å². The Morgan fingerprint density at radius 2 is 1.66 bits per heavy atom. The van der Waals surface area contributed by atoms with Crippen LogP contribution in [0, 0.1) is 0 Å². The van der Waals surface area contributed by atoms with E-state index in [4.69, 9.17) is 21.1 Å². The summed E-state index contributed by atoms with van der Waals surface area (Å²) in [5.41, 5.74) is 5.92. The van der Waals surface area contributed by atoms with E-state index in [0.29, 0.717) is 47.7 Å². The molecule has 7 nitrogen and oxygen atoms in total. The molecule has 0 spiro atoms. The number of fused-ring (bicyclic) bond motifs is 3. The predicted molar refractivity (Wildman–Crippen MR) is 181 cm³/mol. The topological polar surface area (TPSA) is 92.8 Å². The summed E-state index contributed by atoms with van der Waals surface area (Å²) in [5.74, 6) is -0.178. The maximum atomic E-state index is 13.7. The van der Waals surface area contributed by atoms with Crippen molar-refractivity contribution in [3.05, 3.63) is 128 Å². The van der Waals surface area contributed by atoms with Crippen LogP contribution in [0.5, 0.6) is 11.5 Å². The van der Waals surface area contributed by atoms with E-state index in [1.165, 1.54) is 6.21 Å². The fraction of sp³-hybridized carbons (Fsp3) is 0.0294. The molecule has 5 aromatic carbocycles. The standard InChI is InChI=1S/C34H22Br2ClN3O4/c1-43-23-13-10-20(11-14-23)34(42)44-32-21(16-22(35)17-27(32)36)18-38-40-33(41)31-29(25-8-4-5-9-28(25)37)26-15-12-19-6-2-3-7-24(19)30(26)39-31/h2-18,39H,1H3,(H,40,41). The number of methoxy groups -OCH3 is 1. The normalized spacial score (nSPS) is 11.3. The lowest BCUT2D eigenvalue weighted by Crippen LogP contribution is -2.19. The maximum Gasteiger partial charge on any atom is 0.343 e. The van der Waals surface area contributed by atoms with Gasteiger partial charge >= 0.3 is 5.97 Å². The third-order valence-corrected chi connectivity index (χ3v) is 8.37. The lowest BCUT2D eigenvalue weighted by Gasteiger charge is -2.11. The Morgan fingerprint density at radius 1 is 0.909 bits per heavy atom. The number of H-pyrrole nitrogens is 1. The summed E-state index contributed by atoms with van der Waals surface area (Å²) >= 11 is 13.5. The zero-order valence-electron chi connectivity index (χ0n) is 23.0. The van der Waals surface area contributed by atoms with Crippen LogP contribution in [-0.4, -0.2) is 30.2 Å². The number of rotatable bonds is 7. The van der Waals surface area contributed by atoms with Crippen molar-refractivity contribution < 1.29 is 19.1 Å². The zero-order valence-corrected chi connectivity index (χ0v) is 27.0. The van der Waals surface area contributed by atoms with E-state index in [0.717, 1.165) is 21.7 Å². The number of benzene rings is 5. The van der Waals surface area contributed by atoms with Gasteiger partial charge < -0.3 is 14.5 Å². The number of amides is 1. The number of carbonyl (C=O) groups is 2. The summed E-state index contributed by atoms with van der Waals surface area (Å²) in [6.07, 6.45) is 1.41. The molecule has 0 aliphatic carbocycles. The van der Waals surface area contributed by atoms with Crippen LogP contribution in [0.2, 0.25) is 5.02 Å². The highest BCUT2D eigenvalue weighted by Gasteiger charge is 2.22. The molecule has 0 saturated carbocycles. The van der Waals surface area contributed by atoms with Crippen molar-refractivity contribution in [1.82, 2.24) is 10.4 Å². The number of aromatic nitrogens is 1. The van der Waals surface area contributed by atoms with Gasteiger partial charge in [-0.15, -0.1) is 0 Å². The number of hydrazone groups is 1. The molecule has 2 N–H and O–H groups in total. The van der Waals surface area contributed by atoms with Gasteiger partial charge in [0.1, 0.15) is 11.4 Å². The van der Waals surface area contributed by atoms with Gasteiger partial charge in [0.2, 0.25) is 0 Å². The van der Waals surface area contributed by atoms with Gasteiger partial charge in [0.25, 0.3) is 5.91 Å². The lowest BCUT2D eigenvalue weighted by atomic mass is 9.99. The molecule has 0 fully saturated rings. The first-order valence-corrected chi connectivity index (χ1v) is 15.3. The van der Waals surface area contributed by atoms with Crippen LogP contribution in [0.1, 0.15) is 26.4 Å². The summed E-state index contributed by atoms with van der Waals surface area (Å²) in [5, 5.41) is 7.61. The Hall–Kier alpha value is -4.44. The van der Waals surface area contributed by atoms with Gasteiger partial charge in [-0.25, -0.2) is 10.2 Å². The lowest BCUT2D eigenvalue weighted by molar-refractivity contribution is 0.0732. The number of ether oxygens (including phenoxy) is 2. The van der Waals surface area contributed by atoms with Gasteiger partial charge in [-0.1, -0.05) is 82.1 Å². The molecule has 0 atom stereocenters. The highest BCUT2D eigenvalue weighted by Crippen LogP contribution is 2.39. The van der Waals surface area contributed by atoms with Crippen molar-refractivity contribution in [2.45, 2.75) is 0 Å². The predicted octanol–water partition coefficient (Wildman–Crippen LogP) is 9.16. The number of esters is 1. The van der Waals surface area contributed by atoms with Crippen LogP contribution >= 0.6 is 43.5 Å². The molecule has 0 unspecified atom stereocenters. The smallest absolute Gasteiger partial charge is 0.343 e. The second-order valence-corrected chi connectivity index (χ2v) is 11.9. The molecule has 6 rings (SSSR count). The van der Waals surface area contributed by atoms with Crippen molar-refractivity contribution >= 4 is 83.2 Å². The summed E-state index contributed by atoms with van der Waals surface area (Å²) < 4.78 is 12.1. The highest BCUT2D eigenvalue weighted by molar-refractivity contribution is 9.11. The zero-order chi connectivity index (χ0) is 30.8. The number of hydrogen-bond acceptors (Lipinski definition) is 5. The first kappa shape index (κ1) is 29.6. The number of nitrogens with zero attached hydrogens (tertiary/aromatic N) is 1. The molecule has 218 valence electrons. The molecule has 0 bridgehead atoms. The molecule has 6 aromatic rings. The first-order chi connectivity index (χ1) is 21.3. The highest BCUT2D eigenvalue weighted by atomic mass is 79.9. The second kappa shape index (κ2) is 12.7. The maximum absolute atomic E-state index is 13.7. The minimum Gasteiger partial charge on any atom is -0.497 e. The fourth-order valence-corrected chi connectivity index (χ4v) is 6.50. The summed E-state index contributed by atoms with van der Waals surface area (Å²) in [4.78, 5) is 29.9. The molecule has 0 saturated heterocycles. The van der Waals surface area contributed by atoms with E-state index in [1.807, 2.05) is 54.6 Å². The third-order valence-electron chi connectivity index (χ3n) is 7.00. The number of hydrogen-bond donors (Lipinski definition) is 2. The minimum absolute atomic E-state index is 0.237. The summed E-state index contributed by atoms with van der Waals surface area (Å²) in [6, 6.07) is 29.4. The van der Waals surface area contributed by atoms with Crippen molar-refractivity contribution in [3.63, 3.8) is 0 Å². The largest absolute Gasteiger partial charge is 0.497 e. The van der Waals surface area contributed by atoms with Crippen molar-refractivity contribution in [1.29, 1.82) is 0 Å². The van der Waals surface area contributed by atoms with Gasteiger partial charge in [0.05, 0.1) is 28.9 Å². The monoisotopic (exact) mass is 729 g/mol. The quantitative estimate of drug-likeness (QED) is 0.0742. The van der Waals surface area contributed by atoms with Crippen LogP contribution in [0.25, 0.3) is 32.8 Å². The summed E-state index contributed by atoms with van der Waals surface area (Å²) in [6.45, 7) is 0. The first-order valence-electron chi connectivity index (χ1n) is 13.3. The van der Waals surface area contributed by atoms with Crippen molar-refractivity contribution in [2.75, 3.05) is 7.11 Å². The molecule has 0 aliphatic rings. The molecule has 1 heterocycles. The van der Waals surface area contributed by atoms with Crippen molar-refractivity contribution in [3.8, 4) is 22.6 Å². The van der Waals surface area contributed by atoms with E-state index in [9.17, 15) is 9.59 Å². The van der Waals surface area contributed by atoms with Gasteiger partial charge in [0, 0.05) is 37.0 Å².